The molecule has 4 aromatic carbocycles. The highest BCUT2D eigenvalue weighted by molar-refractivity contribution is 5.80. The van der Waals surface area contributed by atoms with Crippen molar-refractivity contribution in [3.8, 4) is 22.3 Å². The fourth-order valence-corrected chi connectivity index (χ4v) is 4.45. The standard InChI is InChI=1S/C15H12.C13H10/c1-2-11-7-5-9-14-13-8-4-3-6-12(13)10-15(11)14;1-3-7-12-10(5-1)9-11-6-2-4-8-13(11)12/h2-9H,1,10H2;1-8H,9H2. The van der Waals surface area contributed by atoms with Gasteiger partial charge in [0.05, 0.1) is 0 Å². The molecule has 0 radical (unpaired) electrons. The second kappa shape index (κ2) is 6.98. The monoisotopic (exact) mass is 358 g/mol. The molecule has 0 fully saturated rings. The van der Waals surface area contributed by atoms with E-state index in [0.29, 0.717) is 0 Å². The van der Waals surface area contributed by atoms with Crippen molar-refractivity contribution in [1.82, 2.24) is 0 Å². The number of fused-ring (bicyclic) bond motifs is 6. The summed E-state index contributed by atoms with van der Waals surface area (Å²) in [6, 6.07) is 32.4. The van der Waals surface area contributed by atoms with Crippen LogP contribution in [0.4, 0.5) is 0 Å². The Hall–Kier alpha value is -3.38. The Balaban J connectivity index is 0.000000123. The van der Waals surface area contributed by atoms with Gasteiger partial charge >= 0.3 is 0 Å². The molecule has 0 saturated heterocycles. The maximum atomic E-state index is 3.87. The van der Waals surface area contributed by atoms with Gasteiger partial charge in [0.15, 0.2) is 0 Å². The van der Waals surface area contributed by atoms with E-state index in [-0.39, 0.29) is 0 Å². The minimum Gasteiger partial charge on any atom is -0.0985 e. The van der Waals surface area contributed by atoms with Crippen LogP contribution in [0, 0.1) is 0 Å². The zero-order valence-electron chi connectivity index (χ0n) is 15.9. The number of benzene rings is 4. The lowest BCUT2D eigenvalue weighted by molar-refractivity contribution is 1.25. The highest BCUT2D eigenvalue weighted by Gasteiger charge is 2.19. The summed E-state index contributed by atoms with van der Waals surface area (Å²) in [5.74, 6) is 0. The summed E-state index contributed by atoms with van der Waals surface area (Å²) in [5.41, 5.74) is 12.6. The van der Waals surface area contributed by atoms with Gasteiger partial charge in [-0.25, -0.2) is 0 Å². The van der Waals surface area contributed by atoms with Crippen molar-refractivity contribution in [3.63, 3.8) is 0 Å². The molecule has 134 valence electrons. The third-order valence-corrected chi connectivity index (χ3v) is 5.81. The van der Waals surface area contributed by atoms with Gasteiger partial charge in [0.2, 0.25) is 0 Å². The molecule has 28 heavy (non-hydrogen) atoms. The molecule has 0 amide bonds. The molecule has 2 aliphatic rings. The zero-order chi connectivity index (χ0) is 18.9. The summed E-state index contributed by atoms with van der Waals surface area (Å²) in [7, 11) is 0. The average molecular weight is 358 g/mol. The summed E-state index contributed by atoms with van der Waals surface area (Å²) < 4.78 is 0. The van der Waals surface area contributed by atoms with Gasteiger partial charge in [0, 0.05) is 0 Å². The van der Waals surface area contributed by atoms with Crippen LogP contribution in [0.2, 0.25) is 0 Å². The maximum Gasteiger partial charge on any atom is -0.000751 e. The predicted molar refractivity (Wildman–Crippen MR) is 119 cm³/mol. The highest BCUT2D eigenvalue weighted by Crippen LogP contribution is 2.38. The Morgan fingerprint density at radius 1 is 0.500 bits per heavy atom. The zero-order valence-corrected chi connectivity index (χ0v) is 15.9. The summed E-state index contributed by atoms with van der Waals surface area (Å²) >= 11 is 0. The molecule has 0 N–H and O–H groups in total. The smallest absolute Gasteiger partial charge is 0.000751 e. The van der Waals surface area contributed by atoms with Crippen LogP contribution in [0.25, 0.3) is 28.3 Å². The van der Waals surface area contributed by atoms with Gasteiger partial charge in [-0.2, -0.15) is 0 Å². The fraction of sp³-hybridized carbons (Fsp3) is 0.0714. The van der Waals surface area contributed by atoms with Crippen molar-refractivity contribution in [1.29, 1.82) is 0 Å². The topological polar surface area (TPSA) is 0 Å². The van der Waals surface area contributed by atoms with Crippen molar-refractivity contribution >= 4 is 6.08 Å². The van der Waals surface area contributed by atoms with Crippen LogP contribution in [-0.2, 0) is 12.8 Å². The van der Waals surface area contributed by atoms with E-state index >= 15 is 0 Å². The SMILES string of the molecule is C=Cc1cccc2c1Cc1ccccc1-2.c1ccc2c(c1)Cc1ccccc1-2. The summed E-state index contributed by atoms with van der Waals surface area (Å²) in [5, 5.41) is 0. The lowest BCUT2D eigenvalue weighted by atomic mass is 10.0. The van der Waals surface area contributed by atoms with Gasteiger partial charge in [-0.05, 0) is 62.9 Å². The van der Waals surface area contributed by atoms with Gasteiger partial charge in [-0.3, -0.25) is 0 Å². The van der Waals surface area contributed by atoms with E-state index in [1.54, 1.807) is 0 Å². The Morgan fingerprint density at radius 3 is 1.54 bits per heavy atom. The largest absolute Gasteiger partial charge is 0.0985 e. The first kappa shape index (κ1) is 16.8. The molecule has 0 atom stereocenters. The molecule has 0 unspecified atom stereocenters. The van der Waals surface area contributed by atoms with Crippen LogP contribution < -0.4 is 0 Å². The molecule has 0 spiro atoms. The van der Waals surface area contributed by atoms with E-state index in [0.717, 1.165) is 12.8 Å². The molecule has 6 rings (SSSR count). The molecular weight excluding hydrogens is 336 g/mol. The van der Waals surface area contributed by atoms with Gasteiger partial charge in [-0.15, -0.1) is 0 Å². The number of hydrogen-bond donors (Lipinski definition) is 0. The first-order chi connectivity index (χ1) is 13.8. The van der Waals surface area contributed by atoms with Crippen molar-refractivity contribution in [3.05, 3.63) is 125 Å². The molecule has 0 aliphatic heterocycles. The van der Waals surface area contributed by atoms with Crippen molar-refractivity contribution in [2.24, 2.45) is 0 Å². The van der Waals surface area contributed by atoms with Crippen molar-refractivity contribution in [2.75, 3.05) is 0 Å². The summed E-state index contributed by atoms with van der Waals surface area (Å²) in [6.45, 7) is 3.87. The Labute approximate surface area is 166 Å². The molecular formula is C28H22. The van der Waals surface area contributed by atoms with E-state index in [9.17, 15) is 0 Å². The molecule has 2 aliphatic carbocycles. The Morgan fingerprint density at radius 2 is 0.964 bits per heavy atom. The highest BCUT2D eigenvalue weighted by atomic mass is 14.2. The molecule has 0 bridgehead atoms. The maximum absolute atomic E-state index is 3.87. The predicted octanol–water partition coefficient (Wildman–Crippen LogP) is 7.16. The first-order valence-corrected chi connectivity index (χ1v) is 9.84. The van der Waals surface area contributed by atoms with E-state index in [1.807, 2.05) is 6.08 Å². The van der Waals surface area contributed by atoms with Crippen LogP contribution in [0.3, 0.4) is 0 Å². The molecule has 4 aromatic rings. The van der Waals surface area contributed by atoms with Crippen LogP contribution in [0.5, 0.6) is 0 Å². The average Bonchev–Trinajstić information content (AvgIpc) is 3.32. The van der Waals surface area contributed by atoms with Crippen molar-refractivity contribution < 1.29 is 0 Å². The molecule has 0 heterocycles. The van der Waals surface area contributed by atoms with Crippen LogP contribution in [0.1, 0.15) is 27.8 Å². The molecule has 0 heteroatoms. The first-order valence-electron chi connectivity index (χ1n) is 9.84. The normalized spacial score (nSPS) is 12.1. The van der Waals surface area contributed by atoms with Gasteiger partial charge in [0.25, 0.3) is 0 Å². The summed E-state index contributed by atoms with van der Waals surface area (Å²) in [6.07, 6.45) is 4.10. The summed E-state index contributed by atoms with van der Waals surface area (Å²) in [4.78, 5) is 0. The minimum atomic E-state index is 1.05. The molecule has 0 aromatic heterocycles. The number of hydrogen-bond acceptors (Lipinski definition) is 0. The Kier molecular flexibility index (Phi) is 4.18. The van der Waals surface area contributed by atoms with Crippen molar-refractivity contribution in [2.45, 2.75) is 12.8 Å². The van der Waals surface area contributed by atoms with Crippen LogP contribution in [-0.4, -0.2) is 0 Å². The molecule has 0 nitrogen and oxygen atoms in total. The van der Waals surface area contributed by atoms with E-state index in [2.05, 4.69) is 97.6 Å². The lowest BCUT2D eigenvalue weighted by Crippen LogP contribution is -1.84. The Bertz CT molecular complexity index is 1140. The second-order valence-electron chi connectivity index (χ2n) is 7.40. The van der Waals surface area contributed by atoms with E-state index < -0.39 is 0 Å². The lowest BCUT2D eigenvalue weighted by Gasteiger charge is -2.03. The third kappa shape index (κ3) is 2.78. The molecule has 0 saturated carbocycles. The quantitative estimate of drug-likeness (QED) is 0.292. The minimum absolute atomic E-state index is 1.05. The fourth-order valence-electron chi connectivity index (χ4n) is 4.45. The van der Waals surface area contributed by atoms with E-state index in [4.69, 9.17) is 0 Å². The van der Waals surface area contributed by atoms with Gasteiger partial charge < -0.3 is 0 Å². The van der Waals surface area contributed by atoms with E-state index in [1.165, 1.54) is 50.1 Å². The second-order valence-corrected chi connectivity index (χ2v) is 7.40. The number of rotatable bonds is 1. The van der Waals surface area contributed by atoms with Crippen LogP contribution in [0.15, 0.2) is 97.6 Å². The van der Waals surface area contributed by atoms with Crippen LogP contribution >= 0.6 is 0 Å². The van der Waals surface area contributed by atoms with Gasteiger partial charge in [-0.1, -0.05) is 104 Å². The third-order valence-electron chi connectivity index (χ3n) is 5.81. The van der Waals surface area contributed by atoms with Gasteiger partial charge in [0.1, 0.15) is 0 Å².